The van der Waals surface area contributed by atoms with E-state index in [-0.39, 0.29) is 32.9 Å². The zero-order valence-corrected chi connectivity index (χ0v) is 65.6. The quantitative estimate of drug-likeness (QED) is 0.00557. The third-order valence-corrected chi connectivity index (χ3v) is 19.3. The molecule has 0 unspecified atom stereocenters. The highest BCUT2D eigenvalue weighted by molar-refractivity contribution is 7.99. The summed E-state index contributed by atoms with van der Waals surface area (Å²) in [7, 11) is 3.95. The van der Waals surface area contributed by atoms with E-state index in [1.165, 1.54) is 85.5 Å². The monoisotopic (exact) mass is 1620 g/mol. The molecule has 0 aromatic heterocycles. The molecule has 44 heteroatoms. The summed E-state index contributed by atoms with van der Waals surface area (Å²) in [6, 6.07) is 29.1. The van der Waals surface area contributed by atoms with Gasteiger partial charge in [0.1, 0.15) is 5.82 Å². The lowest BCUT2D eigenvalue weighted by Gasteiger charge is -2.23. The zero-order valence-electron chi connectivity index (χ0n) is 55.2. The van der Waals surface area contributed by atoms with Crippen molar-refractivity contribution in [1.29, 1.82) is 0 Å². The van der Waals surface area contributed by atoms with Gasteiger partial charge in [0.2, 0.25) is 58.0 Å². The summed E-state index contributed by atoms with van der Waals surface area (Å²) in [6.07, 6.45) is 11.3. The number of hydrogen-bond acceptors (Lipinski definition) is 24. The van der Waals surface area contributed by atoms with E-state index in [2.05, 4.69) is 34.0 Å². The summed E-state index contributed by atoms with van der Waals surface area (Å²) in [5.74, 6) is 4.50. The number of nitrogens with two attached hydrogens (primary N) is 6. The first-order chi connectivity index (χ1) is 45.9. The number of primary sulfonamides is 5. The van der Waals surface area contributed by atoms with Crippen LogP contribution in [0.1, 0.15) is 12.8 Å². The van der Waals surface area contributed by atoms with Gasteiger partial charge < -0.3 is 30.5 Å². The van der Waals surface area contributed by atoms with Gasteiger partial charge in [-0.2, -0.15) is 51.4 Å². The minimum Gasteiger partial charge on any atom is -0.384 e. The number of carbonyl (C=O) groups is 2. The second kappa shape index (κ2) is 59.2. The van der Waals surface area contributed by atoms with E-state index >= 15 is 0 Å². The summed E-state index contributed by atoms with van der Waals surface area (Å²) in [6.45, 7) is 5.59. The molecule has 13 N–H and O–H groups in total. The molecule has 1 saturated heterocycles. The Morgan fingerprint density at radius 3 is 1.11 bits per heavy atom. The maximum Gasteiger partial charge on any atom is 0.238 e. The third kappa shape index (κ3) is 53.4. The lowest BCUT2D eigenvalue weighted by Crippen LogP contribution is -2.31. The van der Waals surface area contributed by atoms with Gasteiger partial charge >= 0.3 is 0 Å². The number of halogens is 4. The minimum absolute atomic E-state index is 0. The van der Waals surface area contributed by atoms with Crippen LogP contribution < -0.4 is 51.4 Å². The third-order valence-electron chi connectivity index (χ3n) is 11.1. The number of hydrogen-bond donors (Lipinski definition) is 7. The molecule has 5 aromatic rings. The molecule has 1 fully saturated rings. The van der Waals surface area contributed by atoms with Crippen LogP contribution >= 0.6 is 93.9 Å². The van der Waals surface area contributed by atoms with Crippen LogP contribution in [0.2, 0.25) is 0 Å². The van der Waals surface area contributed by atoms with E-state index in [1.54, 1.807) is 83.4 Å². The fraction of sp³-hybridized carbons (Fsp3) is 0.418. The van der Waals surface area contributed by atoms with Crippen LogP contribution in [-0.2, 0) is 64.1 Å². The van der Waals surface area contributed by atoms with Crippen molar-refractivity contribution in [2.45, 2.75) is 37.3 Å². The number of carbonyl (C=O) groups excluding carboxylic acids is 2. The predicted octanol–water partition coefficient (Wildman–Crippen LogP) is 6.20. The van der Waals surface area contributed by atoms with Crippen molar-refractivity contribution in [3.05, 3.63) is 127 Å². The predicted molar refractivity (Wildman–Crippen MR) is 419 cm³/mol. The summed E-state index contributed by atoms with van der Waals surface area (Å²) in [4.78, 5) is 30.2. The van der Waals surface area contributed by atoms with Crippen LogP contribution in [0.5, 0.6) is 0 Å². The lowest BCUT2D eigenvalue weighted by atomic mass is 10.1. The molecule has 0 atom stereocenters. The molecular weight excluding hydrogens is 1540 g/mol. The molecule has 1 aliphatic heterocycles. The Balaban J connectivity index is -0.000000537. The van der Waals surface area contributed by atoms with Crippen LogP contribution in [0.15, 0.2) is 146 Å². The van der Waals surface area contributed by atoms with E-state index < -0.39 is 66.9 Å². The second-order valence-corrected chi connectivity index (χ2v) is 32.0. The van der Waals surface area contributed by atoms with Gasteiger partial charge in [-0.3, -0.25) is 9.59 Å². The summed E-state index contributed by atoms with van der Waals surface area (Å²) < 4.78 is 132. The number of benzene rings is 5. The Morgan fingerprint density at radius 1 is 0.535 bits per heavy atom. The van der Waals surface area contributed by atoms with E-state index in [1.807, 2.05) is 34.8 Å². The van der Waals surface area contributed by atoms with Gasteiger partial charge in [0.25, 0.3) is 0 Å². The number of nitrogens with one attached hydrogen (secondary N) is 1. The van der Waals surface area contributed by atoms with E-state index in [0.717, 1.165) is 109 Å². The topological polar surface area (TPSA) is 410 Å². The average Bonchev–Trinajstić information content (AvgIpc) is 1.49. The van der Waals surface area contributed by atoms with E-state index in [9.17, 15) is 51.3 Å². The Hall–Kier alpha value is -3.10. The van der Waals surface area contributed by atoms with Crippen molar-refractivity contribution in [3.8, 4) is 0 Å². The molecule has 99 heavy (non-hydrogen) atoms. The normalized spacial score (nSPS) is 11.4. The fourth-order valence-corrected chi connectivity index (χ4v) is 10.8. The number of ether oxygens (including phenoxy) is 1. The van der Waals surface area contributed by atoms with Crippen LogP contribution in [0.3, 0.4) is 0 Å². The van der Waals surface area contributed by atoms with Gasteiger partial charge in [0.05, 0.1) is 47.3 Å². The smallest absolute Gasteiger partial charge is 0.238 e. The lowest BCUT2D eigenvalue weighted by molar-refractivity contribution is -0.160. The number of amides is 1. The van der Waals surface area contributed by atoms with Crippen molar-refractivity contribution in [3.63, 3.8) is 0 Å². The number of alkyl halides is 2. The van der Waals surface area contributed by atoms with Crippen LogP contribution in [0.25, 0.3) is 0 Å². The molecule has 1 heterocycles. The summed E-state index contributed by atoms with van der Waals surface area (Å²) in [5.41, 5.74) is 8.27. The first-order valence-electron chi connectivity index (χ1n) is 28.1. The molecule has 25 nitrogen and oxygen atoms in total. The first-order valence-corrected chi connectivity index (χ1v) is 43.7. The first kappa shape index (κ1) is 102. The van der Waals surface area contributed by atoms with Crippen molar-refractivity contribution < 1.29 is 70.0 Å². The van der Waals surface area contributed by atoms with Crippen molar-refractivity contribution in [2.75, 3.05) is 151 Å². The van der Waals surface area contributed by atoms with Gasteiger partial charge in [-0.25, -0.2) is 77.1 Å². The molecule has 1 amide bonds. The maximum absolute atomic E-state index is 12.2. The highest BCUT2D eigenvalue weighted by Crippen LogP contribution is 2.21. The molecule has 0 aliphatic carbocycles. The Morgan fingerprint density at radius 2 is 0.848 bits per heavy atom. The standard InChI is InChI=1S/C10H15BN2O4S2.C10H13BN2O3S2.C10H15BN2O2S2.C9H14N2O2S2.C6H6FNO2S.C4H8O.C3H9NS.C2H4Cl2.CBClO.B/c1-16-17-18-7-6-13(8-11)9-2-4-10(5-3-9)19(12,14)15;1-17-7-6-13(10(11)14)8-2-4-9(5-3-8)18(12,15)16;1-16-7-6-13(8-11)9-2-4-10(5-3-9)17(12,14)15;1-14-7-6-11-8-2-4-9(5-3-8)15(10,12)13;7-5-1-3-6(4-2-5)11(8,9)10;1-2-4-5-3-1;1-5-3-2-4;3-1-2-4;2-1(3)4;/h2-5H,6-8H2,1H3,(H2,12,14,15);2-5H,6-7H2,1H3,(H2,12,15,16);2-5H,6-8H2,1H3,(H2,12,14,15);2-5,11H,6-7H2,1H3,(H2,10,12,13);1-4H,(H2,8,9,10);1-4H2;2-4H2,1H3;1-2H2;;. The molecule has 547 valence electrons. The Bertz CT molecular complexity index is 3510. The zero-order chi connectivity index (χ0) is 75.4. The minimum atomic E-state index is -3.72. The maximum atomic E-state index is 12.2. The van der Waals surface area contributed by atoms with Crippen molar-refractivity contribution in [1.82, 2.24) is 0 Å². The average molecular weight is 1630 g/mol. The largest absolute Gasteiger partial charge is 0.384 e. The number of rotatable bonds is 28. The van der Waals surface area contributed by atoms with Crippen LogP contribution in [-0.4, -0.2) is 224 Å². The molecule has 0 bridgehead atoms. The molecule has 0 spiro atoms. The second-order valence-electron chi connectivity index (χ2n) is 18.3. The van der Waals surface area contributed by atoms with Gasteiger partial charge in [0.15, 0.2) is 18.8 Å². The molecule has 5 aromatic carbocycles. The summed E-state index contributed by atoms with van der Waals surface area (Å²) >= 11 is 22.5. The molecule has 0 saturated carbocycles. The highest BCUT2D eigenvalue weighted by Gasteiger charge is 2.15. The van der Waals surface area contributed by atoms with E-state index in [0.29, 0.717) is 49.2 Å². The van der Waals surface area contributed by atoms with E-state index in [4.69, 9.17) is 87.7 Å². The van der Waals surface area contributed by atoms with Crippen LogP contribution in [0, 0.1) is 5.82 Å². The molecule has 11 radical (unpaired) electrons. The van der Waals surface area contributed by atoms with Crippen molar-refractivity contribution >= 4 is 218 Å². The van der Waals surface area contributed by atoms with Crippen molar-refractivity contribution in [2.24, 2.45) is 31.4 Å². The SMILES string of the molecule is C1CCOC1.CSCCN.CSCCNc1ccc(S(N)(=O)=O)cc1.ClCCCl.NS(=O)(=O)c1ccc(F)cc1.[B].[B]C(=O)Cl.[B]C(=O)N(CCSC)c1ccc(S(N)(=O)=O)cc1.[B]CN(CCSC)c1ccc(S(N)(=O)=O)cc1.[B]CN(CCSOOC)c1ccc(S(N)(=O)=O)cc1. The highest BCUT2D eigenvalue weighted by atomic mass is 35.5. The number of nitrogens with zero attached hydrogens (tertiary/aromatic N) is 3. The Kier molecular flexibility index (Phi) is 61.1. The molecular formula is C55H84B5Cl3FN10O15S10. The number of sulfonamides is 5. The van der Waals surface area contributed by atoms with Gasteiger partial charge in [-0.15, -0.1) is 23.2 Å². The number of thioether (sulfide) groups is 4. The molecule has 6 rings (SSSR count). The molecule has 1 aliphatic rings. The summed E-state index contributed by atoms with van der Waals surface area (Å²) in [5, 5.41) is 27.1. The van der Waals surface area contributed by atoms with Gasteiger partial charge in [-0.05, 0) is 172 Å². The van der Waals surface area contributed by atoms with Crippen LogP contribution in [0.4, 0.5) is 36.7 Å². The van der Waals surface area contributed by atoms with Gasteiger partial charge in [-0.1, -0.05) is 11.6 Å². The van der Waals surface area contributed by atoms with Gasteiger partial charge in [0, 0.05) is 130 Å². The fourth-order valence-electron chi connectivity index (χ4n) is 6.45. The Labute approximate surface area is 629 Å². The number of anilines is 4.